The van der Waals surface area contributed by atoms with E-state index in [1.54, 1.807) is 6.07 Å². The maximum absolute atomic E-state index is 11.4. The molecule has 3 heteroatoms. The first-order valence-corrected chi connectivity index (χ1v) is 5.48. The van der Waals surface area contributed by atoms with Gasteiger partial charge in [-0.25, -0.2) is 4.98 Å². The molecule has 1 saturated carbocycles. The van der Waals surface area contributed by atoms with Gasteiger partial charge in [-0.2, -0.15) is 0 Å². The van der Waals surface area contributed by atoms with Crippen LogP contribution >= 0.6 is 0 Å². The number of aromatic nitrogens is 2. The van der Waals surface area contributed by atoms with E-state index in [1.807, 2.05) is 6.92 Å². The van der Waals surface area contributed by atoms with Crippen molar-refractivity contribution in [3.8, 4) is 0 Å². The Morgan fingerprint density at radius 3 is 2.87 bits per heavy atom. The normalized spacial score (nSPS) is 32.5. The molecule has 3 rings (SSSR count). The summed E-state index contributed by atoms with van der Waals surface area (Å²) in [6.07, 6.45) is 7.01. The van der Waals surface area contributed by atoms with Crippen LogP contribution in [-0.4, -0.2) is 9.97 Å². The van der Waals surface area contributed by atoms with Gasteiger partial charge >= 0.3 is 0 Å². The summed E-state index contributed by atoms with van der Waals surface area (Å²) in [6.45, 7) is 1.84. The molecule has 0 amide bonds. The summed E-state index contributed by atoms with van der Waals surface area (Å²) < 4.78 is 0. The Hall–Kier alpha value is -1.38. The second kappa shape index (κ2) is 3.05. The van der Waals surface area contributed by atoms with Gasteiger partial charge in [-0.3, -0.25) is 4.79 Å². The molecule has 3 atom stereocenters. The van der Waals surface area contributed by atoms with Crippen molar-refractivity contribution in [2.75, 3.05) is 0 Å². The minimum atomic E-state index is -0.0238. The van der Waals surface area contributed by atoms with Crippen molar-refractivity contribution >= 4 is 0 Å². The van der Waals surface area contributed by atoms with E-state index >= 15 is 0 Å². The van der Waals surface area contributed by atoms with Gasteiger partial charge in [0.15, 0.2) is 0 Å². The Kier molecular flexibility index (Phi) is 1.81. The number of aryl methyl sites for hydroxylation is 1. The van der Waals surface area contributed by atoms with Crippen molar-refractivity contribution in [2.45, 2.75) is 25.7 Å². The third-order valence-corrected chi connectivity index (χ3v) is 3.54. The van der Waals surface area contributed by atoms with Gasteiger partial charge in [-0.15, -0.1) is 0 Å². The van der Waals surface area contributed by atoms with Crippen molar-refractivity contribution < 1.29 is 0 Å². The predicted molar refractivity (Wildman–Crippen MR) is 57.7 cm³/mol. The predicted octanol–water partition coefficient (Wildman–Crippen LogP) is 1.76. The van der Waals surface area contributed by atoms with Crippen LogP contribution in [0.3, 0.4) is 0 Å². The Balaban J connectivity index is 2.00. The highest BCUT2D eigenvalue weighted by molar-refractivity contribution is 5.21. The number of hydrogen-bond donors (Lipinski definition) is 1. The minimum Gasteiger partial charge on any atom is -0.311 e. The summed E-state index contributed by atoms with van der Waals surface area (Å²) in [6, 6.07) is 1.66. The standard InChI is InChI=1S/C12H14N2O/c1-7-13-11(6-12(15)14-7)10-5-8-2-3-9(10)4-8/h2-3,6,8-10H,4-5H2,1H3,(H,13,14,15)/t8-,9-,10+/m0/s1. The zero-order chi connectivity index (χ0) is 10.4. The molecule has 1 heterocycles. The van der Waals surface area contributed by atoms with Crippen LogP contribution < -0.4 is 5.56 Å². The molecule has 2 bridgehead atoms. The molecule has 0 saturated heterocycles. The fourth-order valence-corrected chi connectivity index (χ4v) is 2.91. The molecule has 3 nitrogen and oxygen atoms in total. The Labute approximate surface area is 88.3 Å². The van der Waals surface area contributed by atoms with E-state index in [1.165, 1.54) is 6.42 Å². The van der Waals surface area contributed by atoms with E-state index in [9.17, 15) is 4.79 Å². The van der Waals surface area contributed by atoms with Crippen molar-refractivity contribution in [3.05, 3.63) is 40.1 Å². The van der Waals surface area contributed by atoms with Crippen LogP contribution in [0.15, 0.2) is 23.0 Å². The van der Waals surface area contributed by atoms with Crippen LogP contribution in [0.1, 0.15) is 30.3 Å². The minimum absolute atomic E-state index is 0.0238. The van der Waals surface area contributed by atoms with E-state index in [-0.39, 0.29) is 5.56 Å². The molecule has 0 spiro atoms. The summed E-state index contributed by atoms with van der Waals surface area (Å²) in [5, 5.41) is 0. The highest BCUT2D eigenvalue weighted by Crippen LogP contribution is 2.47. The van der Waals surface area contributed by atoms with Gasteiger partial charge < -0.3 is 4.98 Å². The van der Waals surface area contributed by atoms with E-state index in [2.05, 4.69) is 22.1 Å². The fraction of sp³-hybridized carbons (Fsp3) is 0.500. The lowest BCUT2D eigenvalue weighted by atomic mass is 9.90. The summed E-state index contributed by atoms with van der Waals surface area (Å²) >= 11 is 0. The van der Waals surface area contributed by atoms with Gasteiger partial charge in [-0.05, 0) is 31.6 Å². The molecule has 78 valence electrons. The molecule has 2 aliphatic rings. The lowest BCUT2D eigenvalue weighted by Crippen LogP contribution is -2.15. The summed E-state index contributed by atoms with van der Waals surface area (Å²) in [5.74, 6) is 2.54. The number of aromatic amines is 1. The van der Waals surface area contributed by atoms with Gasteiger partial charge in [0.05, 0.1) is 5.69 Å². The molecule has 0 aliphatic heterocycles. The van der Waals surface area contributed by atoms with Crippen LogP contribution in [0.2, 0.25) is 0 Å². The van der Waals surface area contributed by atoms with Gasteiger partial charge in [0.25, 0.3) is 5.56 Å². The number of nitrogens with one attached hydrogen (secondary N) is 1. The highest BCUT2D eigenvalue weighted by Gasteiger charge is 2.37. The lowest BCUT2D eigenvalue weighted by molar-refractivity contribution is 0.565. The van der Waals surface area contributed by atoms with Crippen LogP contribution in [-0.2, 0) is 0 Å². The quantitative estimate of drug-likeness (QED) is 0.705. The summed E-state index contributed by atoms with van der Waals surface area (Å²) in [7, 11) is 0. The van der Waals surface area contributed by atoms with Crippen LogP contribution in [0.5, 0.6) is 0 Å². The van der Waals surface area contributed by atoms with E-state index in [0.29, 0.717) is 11.8 Å². The number of hydrogen-bond acceptors (Lipinski definition) is 2. The molecule has 0 radical (unpaired) electrons. The summed E-state index contributed by atoms with van der Waals surface area (Å²) in [5.41, 5.74) is 0.956. The van der Waals surface area contributed by atoms with Crippen molar-refractivity contribution in [1.29, 1.82) is 0 Å². The van der Waals surface area contributed by atoms with Gasteiger partial charge in [0.2, 0.25) is 0 Å². The van der Waals surface area contributed by atoms with Gasteiger partial charge in [-0.1, -0.05) is 12.2 Å². The number of rotatable bonds is 1. The molecule has 0 aromatic carbocycles. The topological polar surface area (TPSA) is 45.8 Å². The zero-order valence-corrected chi connectivity index (χ0v) is 8.73. The lowest BCUT2D eigenvalue weighted by Gasteiger charge is -2.17. The zero-order valence-electron chi connectivity index (χ0n) is 8.73. The first kappa shape index (κ1) is 8.89. The third kappa shape index (κ3) is 1.42. The largest absolute Gasteiger partial charge is 0.311 e. The Bertz CT molecular complexity index is 475. The summed E-state index contributed by atoms with van der Waals surface area (Å²) in [4.78, 5) is 18.5. The smallest absolute Gasteiger partial charge is 0.251 e. The Morgan fingerprint density at radius 1 is 1.40 bits per heavy atom. The van der Waals surface area contributed by atoms with Gasteiger partial charge in [0, 0.05) is 12.0 Å². The second-order valence-corrected chi connectivity index (χ2v) is 4.64. The molecule has 1 aromatic heterocycles. The highest BCUT2D eigenvalue weighted by atomic mass is 16.1. The van der Waals surface area contributed by atoms with Crippen molar-refractivity contribution in [3.63, 3.8) is 0 Å². The Morgan fingerprint density at radius 2 is 2.27 bits per heavy atom. The number of nitrogens with zero attached hydrogens (tertiary/aromatic N) is 1. The van der Waals surface area contributed by atoms with Crippen LogP contribution in [0.4, 0.5) is 0 Å². The number of allylic oxidation sites excluding steroid dienone is 2. The molecule has 15 heavy (non-hydrogen) atoms. The molecular weight excluding hydrogens is 188 g/mol. The average molecular weight is 202 g/mol. The maximum atomic E-state index is 11.4. The van der Waals surface area contributed by atoms with E-state index in [4.69, 9.17) is 0 Å². The van der Waals surface area contributed by atoms with Crippen molar-refractivity contribution in [1.82, 2.24) is 9.97 Å². The fourth-order valence-electron chi connectivity index (χ4n) is 2.91. The average Bonchev–Trinajstić information content (AvgIpc) is 2.76. The SMILES string of the molecule is Cc1nc([C@@H]2C[C@H]3C=C[C@H]2C3)cc(=O)[nH]1. The van der Waals surface area contributed by atoms with E-state index in [0.717, 1.165) is 23.9 Å². The first-order chi connectivity index (χ1) is 7.22. The number of fused-ring (bicyclic) bond motifs is 2. The van der Waals surface area contributed by atoms with Crippen LogP contribution in [0, 0.1) is 18.8 Å². The molecule has 1 aromatic rings. The van der Waals surface area contributed by atoms with Crippen molar-refractivity contribution in [2.24, 2.45) is 11.8 Å². The molecule has 2 aliphatic carbocycles. The third-order valence-electron chi connectivity index (χ3n) is 3.54. The molecule has 1 N–H and O–H groups in total. The monoisotopic (exact) mass is 202 g/mol. The maximum Gasteiger partial charge on any atom is 0.251 e. The molecule has 1 fully saturated rings. The van der Waals surface area contributed by atoms with Gasteiger partial charge in [0.1, 0.15) is 5.82 Å². The molecule has 0 unspecified atom stereocenters. The number of H-pyrrole nitrogens is 1. The van der Waals surface area contributed by atoms with E-state index < -0.39 is 0 Å². The molecular formula is C12H14N2O. The van der Waals surface area contributed by atoms with Crippen LogP contribution in [0.25, 0.3) is 0 Å². The first-order valence-electron chi connectivity index (χ1n) is 5.48. The second-order valence-electron chi connectivity index (χ2n) is 4.64.